The third kappa shape index (κ3) is 4.73. The van der Waals surface area contributed by atoms with E-state index in [0.717, 1.165) is 46.8 Å². The van der Waals surface area contributed by atoms with Crippen LogP contribution in [0.1, 0.15) is 31.2 Å². The predicted octanol–water partition coefficient (Wildman–Crippen LogP) is 5.25. The Bertz CT molecular complexity index is 1080. The summed E-state index contributed by atoms with van der Waals surface area (Å²) in [7, 11) is 0. The average molecular weight is 415 g/mol. The van der Waals surface area contributed by atoms with E-state index in [0.29, 0.717) is 0 Å². The highest BCUT2D eigenvalue weighted by Crippen LogP contribution is 2.29. The summed E-state index contributed by atoms with van der Waals surface area (Å²) in [5.74, 6) is 0.820. The van der Waals surface area contributed by atoms with E-state index in [9.17, 15) is 0 Å². The van der Waals surface area contributed by atoms with E-state index in [1.165, 1.54) is 45.3 Å². The molecule has 1 aliphatic rings. The first-order valence-electron chi connectivity index (χ1n) is 11.4. The zero-order chi connectivity index (χ0) is 20.9. The van der Waals surface area contributed by atoms with Gasteiger partial charge in [-0.15, -0.1) is 0 Å². The predicted molar refractivity (Wildman–Crippen MR) is 125 cm³/mol. The van der Waals surface area contributed by atoms with Crippen molar-refractivity contribution in [2.45, 2.75) is 32.2 Å². The van der Waals surface area contributed by atoms with Gasteiger partial charge in [0.25, 0.3) is 0 Å². The largest absolute Gasteiger partial charge is 0.454 e. The Morgan fingerprint density at radius 1 is 0.935 bits per heavy atom. The first-order valence-corrected chi connectivity index (χ1v) is 11.4. The molecule has 0 atom stereocenters. The third-order valence-corrected chi connectivity index (χ3v) is 6.06. The molecule has 5 rings (SSSR count). The van der Waals surface area contributed by atoms with Crippen molar-refractivity contribution in [1.82, 2.24) is 20.0 Å². The molecule has 31 heavy (non-hydrogen) atoms. The van der Waals surface area contributed by atoms with Crippen LogP contribution in [0.5, 0.6) is 0 Å². The lowest BCUT2D eigenvalue weighted by atomic mass is 10.1. The molecule has 1 aliphatic heterocycles. The third-order valence-electron chi connectivity index (χ3n) is 6.06. The van der Waals surface area contributed by atoms with E-state index in [2.05, 4.69) is 40.7 Å². The minimum absolute atomic E-state index is 0.777. The maximum Gasteiger partial charge on any atom is 0.156 e. The van der Waals surface area contributed by atoms with Crippen LogP contribution in [0.3, 0.4) is 0 Å². The number of rotatable bonds is 8. The standard InChI is InChI=1S/C26H30N4O/c1-3-11-23(12-4-1)30-20-22(19-27-14-9-17-29-15-7-2-8-16-29)26(28-30)25-18-21-10-5-6-13-24(21)31-25/h1,3-6,10-13,18,20,27H,2,7-9,14-17,19H2. The second kappa shape index (κ2) is 9.50. The van der Waals surface area contributed by atoms with Crippen LogP contribution < -0.4 is 5.32 Å². The molecule has 0 saturated carbocycles. The monoisotopic (exact) mass is 414 g/mol. The molecule has 0 unspecified atom stereocenters. The summed E-state index contributed by atoms with van der Waals surface area (Å²) in [6, 6.07) is 20.5. The minimum Gasteiger partial charge on any atom is -0.454 e. The van der Waals surface area contributed by atoms with Crippen LogP contribution in [-0.4, -0.2) is 40.9 Å². The molecule has 160 valence electrons. The van der Waals surface area contributed by atoms with Gasteiger partial charge in [-0.2, -0.15) is 5.10 Å². The van der Waals surface area contributed by atoms with Crippen molar-refractivity contribution >= 4 is 11.0 Å². The van der Waals surface area contributed by atoms with Crippen molar-refractivity contribution in [3.05, 3.63) is 72.4 Å². The fourth-order valence-corrected chi connectivity index (χ4v) is 4.39. The Labute approximate surface area is 183 Å². The second-order valence-electron chi connectivity index (χ2n) is 8.36. The SMILES string of the molecule is c1ccc(-n2cc(CNCCCN3CCCCC3)c(-c3cc4ccccc4o3)n2)cc1. The van der Waals surface area contributed by atoms with Crippen LogP contribution in [0.4, 0.5) is 0 Å². The number of nitrogens with one attached hydrogen (secondary N) is 1. The van der Waals surface area contributed by atoms with Gasteiger partial charge < -0.3 is 14.6 Å². The molecule has 2 aromatic heterocycles. The molecule has 3 heterocycles. The van der Waals surface area contributed by atoms with Gasteiger partial charge in [-0.05, 0) is 69.7 Å². The number of furan rings is 1. The smallest absolute Gasteiger partial charge is 0.156 e. The minimum atomic E-state index is 0.777. The number of fused-ring (bicyclic) bond motifs is 1. The quantitative estimate of drug-likeness (QED) is 0.400. The van der Waals surface area contributed by atoms with Gasteiger partial charge in [-0.3, -0.25) is 0 Å². The van der Waals surface area contributed by atoms with Crippen molar-refractivity contribution in [3.8, 4) is 17.1 Å². The summed E-state index contributed by atoms with van der Waals surface area (Å²) in [6.07, 6.45) is 7.40. The van der Waals surface area contributed by atoms with Gasteiger partial charge in [0.2, 0.25) is 0 Å². The van der Waals surface area contributed by atoms with Gasteiger partial charge in [0, 0.05) is 23.7 Å². The van der Waals surface area contributed by atoms with Crippen LogP contribution in [-0.2, 0) is 6.54 Å². The number of nitrogens with zero attached hydrogens (tertiary/aromatic N) is 3. The van der Waals surface area contributed by atoms with E-state index in [4.69, 9.17) is 9.52 Å². The van der Waals surface area contributed by atoms with Crippen LogP contribution >= 0.6 is 0 Å². The van der Waals surface area contributed by atoms with E-state index >= 15 is 0 Å². The summed E-state index contributed by atoms with van der Waals surface area (Å²) in [5, 5.41) is 9.63. The molecule has 5 nitrogen and oxygen atoms in total. The molecule has 4 aromatic rings. The maximum atomic E-state index is 6.14. The van der Waals surface area contributed by atoms with Gasteiger partial charge in [-0.1, -0.05) is 42.8 Å². The first kappa shape index (κ1) is 20.0. The highest BCUT2D eigenvalue weighted by atomic mass is 16.3. The zero-order valence-corrected chi connectivity index (χ0v) is 18.0. The Morgan fingerprint density at radius 3 is 2.58 bits per heavy atom. The molecule has 5 heteroatoms. The second-order valence-corrected chi connectivity index (χ2v) is 8.36. The molecular weight excluding hydrogens is 384 g/mol. The lowest BCUT2D eigenvalue weighted by Gasteiger charge is -2.26. The number of hydrogen-bond donors (Lipinski definition) is 1. The van der Waals surface area contributed by atoms with Crippen molar-refractivity contribution in [2.75, 3.05) is 26.2 Å². The van der Waals surface area contributed by atoms with E-state index < -0.39 is 0 Å². The number of benzene rings is 2. The highest BCUT2D eigenvalue weighted by molar-refractivity contribution is 5.82. The van der Waals surface area contributed by atoms with Crippen molar-refractivity contribution in [3.63, 3.8) is 0 Å². The summed E-state index contributed by atoms with van der Waals surface area (Å²) in [5.41, 5.74) is 4.01. The normalized spacial score (nSPS) is 15.0. The molecular formula is C26H30N4O. The number of para-hydroxylation sites is 2. The van der Waals surface area contributed by atoms with Crippen LogP contribution in [0, 0.1) is 0 Å². The number of likely N-dealkylation sites (tertiary alicyclic amines) is 1. The van der Waals surface area contributed by atoms with Gasteiger partial charge >= 0.3 is 0 Å². The fraction of sp³-hybridized carbons (Fsp3) is 0.346. The molecule has 0 radical (unpaired) electrons. The van der Waals surface area contributed by atoms with Gasteiger partial charge in [0.05, 0.1) is 5.69 Å². The Hall–Kier alpha value is -2.89. The van der Waals surface area contributed by atoms with E-state index in [1.54, 1.807) is 0 Å². The number of hydrogen-bond acceptors (Lipinski definition) is 4. The van der Waals surface area contributed by atoms with Crippen LogP contribution in [0.25, 0.3) is 28.1 Å². The van der Waals surface area contributed by atoms with Crippen LogP contribution in [0.2, 0.25) is 0 Å². The highest BCUT2D eigenvalue weighted by Gasteiger charge is 2.16. The van der Waals surface area contributed by atoms with E-state index in [-0.39, 0.29) is 0 Å². The summed E-state index contributed by atoms with van der Waals surface area (Å²) < 4.78 is 8.09. The summed E-state index contributed by atoms with van der Waals surface area (Å²) in [4.78, 5) is 2.60. The van der Waals surface area contributed by atoms with E-state index in [1.807, 2.05) is 41.1 Å². The van der Waals surface area contributed by atoms with Gasteiger partial charge in [-0.25, -0.2) is 4.68 Å². The first-order chi connectivity index (χ1) is 15.4. The molecule has 0 amide bonds. The van der Waals surface area contributed by atoms with Crippen molar-refractivity contribution in [2.24, 2.45) is 0 Å². The Kier molecular flexibility index (Phi) is 6.14. The van der Waals surface area contributed by atoms with Gasteiger partial charge in [0.15, 0.2) is 5.76 Å². The maximum absolute atomic E-state index is 6.14. The average Bonchev–Trinajstić information content (AvgIpc) is 3.44. The van der Waals surface area contributed by atoms with Crippen molar-refractivity contribution in [1.29, 1.82) is 0 Å². The molecule has 0 spiro atoms. The lowest BCUT2D eigenvalue weighted by molar-refractivity contribution is 0.225. The summed E-state index contributed by atoms with van der Waals surface area (Å²) in [6.45, 7) is 5.50. The van der Waals surface area contributed by atoms with Crippen LogP contribution in [0.15, 0.2) is 71.3 Å². The lowest BCUT2D eigenvalue weighted by Crippen LogP contribution is -2.32. The topological polar surface area (TPSA) is 46.2 Å². The molecule has 0 aliphatic carbocycles. The molecule has 1 saturated heterocycles. The molecule has 1 fully saturated rings. The molecule has 1 N–H and O–H groups in total. The Balaban J connectivity index is 1.32. The summed E-state index contributed by atoms with van der Waals surface area (Å²) >= 11 is 0. The molecule has 2 aromatic carbocycles. The molecule has 0 bridgehead atoms. The number of aromatic nitrogens is 2. The van der Waals surface area contributed by atoms with Crippen molar-refractivity contribution < 1.29 is 4.42 Å². The fourth-order valence-electron chi connectivity index (χ4n) is 4.39. The zero-order valence-electron chi connectivity index (χ0n) is 18.0. The number of piperidine rings is 1. The Morgan fingerprint density at radius 2 is 1.74 bits per heavy atom. The van der Waals surface area contributed by atoms with Gasteiger partial charge in [0.1, 0.15) is 11.3 Å².